The molecule has 10 nitrogen and oxygen atoms in total. The van der Waals surface area contributed by atoms with Gasteiger partial charge < -0.3 is 35.7 Å². The molecule has 0 spiro atoms. The van der Waals surface area contributed by atoms with Crippen LogP contribution in [0.3, 0.4) is 0 Å². The second-order valence-electron chi connectivity index (χ2n) is 4.90. The smallest absolute Gasteiger partial charge is 0.211 e. The Morgan fingerprint density at radius 3 is 2.82 bits per heavy atom. The van der Waals surface area contributed by atoms with Crippen LogP contribution in [-0.4, -0.2) is 61.2 Å². The van der Waals surface area contributed by atoms with E-state index in [0.717, 1.165) is 0 Å². The van der Waals surface area contributed by atoms with E-state index in [2.05, 4.69) is 15.3 Å². The molecule has 0 saturated carbocycles. The summed E-state index contributed by atoms with van der Waals surface area (Å²) in [4.78, 5) is 18.7. The minimum Gasteiger partial charge on any atom is -0.394 e. The van der Waals surface area contributed by atoms with E-state index in [1.54, 1.807) is 0 Å². The Balaban J connectivity index is 2.12. The van der Waals surface area contributed by atoms with Crippen LogP contribution in [0.25, 0.3) is 11.0 Å². The summed E-state index contributed by atoms with van der Waals surface area (Å²) >= 11 is 0. The number of ether oxygens (including phenoxy) is 1. The van der Waals surface area contributed by atoms with E-state index in [9.17, 15) is 15.0 Å². The van der Waals surface area contributed by atoms with E-state index in [0.29, 0.717) is 23.1 Å². The van der Waals surface area contributed by atoms with Crippen molar-refractivity contribution in [2.24, 2.45) is 0 Å². The zero-order chi connectivity index (χ0) is 15.9. The molecule has 4 atom stereocenters. The first kappa shape index (κ1) is 14.7. The van der Waals surface area contributed by atoms with E-state index in [-0.39, 0.29) is 5.82 Å². The number of fused-ring (bicyclic) bond motifs is 1. The summed E-state index contributed by atoms with van der Waals surface area (Å²) in [5.74, 6) is 0.153. The van der Waals surface area contributed by atoms with Gasteiger partial charge in [-0.2, -0.15) is 0 Å². The molecule has 0 bridgehead atoms. The highest BCUT2D eigenvalue weighted by atomic mass is 16.6. The number of rotatable bonds is 4. The summed E-state index contributed by atoms with van der Waals surface area (Å²) in [6.45, 7) is -0.440. The monoisotopic (exact) mass is 309 g/mol. The first-order chi connectivity index (χ1) is 10.6. The Morgan fingerprint density at radius 1 is 1.41 bits per heavy atom. The van der Waals surface area contributed by atoms with E-state index < -0.39 is 31.1 Å². The SMILES string of the molecule is Nc1ncnc2c1c(NC=O)cn2[C@@H]1O[C@H](CO)[C@@H](O)[C@H]1O. The largest absolute Gasteiger partial charge is 0.394 e. The third-order valence-electron chi connectivity index (χ3n) is 3.64. The molecule has 0 aromatic carbocycles. The van der Waals surface area contributed by atoms with Gasteiger partial charge in [-0.15, -0.1) is 0 Å². The summed E-state index contributed by atoms with van der Waals surface area (Å²) < 4.78 is 6.89. The van der Waals surface area contributed by atoms with Gasteiger partial charge in [0.25, 0.3) is 0 Å². The molecule has 1 aliphatic rings. The van der Waals surface area contributed by atoms with Crippen molar-refractivity contribution in [1.29, 1.82) is 0 Å². The molecule has 6 N–H and O–H groups in total. The topological polar surface area (TPSA) is 156 Å². The third-order valence-corrected chi connectivity index (χ3v) is 3.64. The molecule has 0 aliphatic carbocycles. The van der Waals surface area contributed by atoms with E-state index in [1.807, 2.05) is 0 Å². The third kappa shape index (κ3) is 2.09. The lowest BCUT2D eigenvalue weighted by atomic mass is 10.1. The van der Waals surface area contributed by atoms with Gasteiger partial charge >= 0.3 is 0 Å². The van der Waals surface area contributed by atoms with Crippen LogP contribution >= 0.6 is 0 Å². The number of aromatic nitrogens is 3. The molecule has 2 aromatic heterocycles. The highest BCUT2D eigenvalue weighted by molar-refractivity contribution is 6.01. The standard InChI is InChI=1S/C12H15N5O5/c13-10-7-5(16-4-19)1-17(11(7)15-3-14-10)12-9(21)8(20)6(2-18)22-12/h1,3-4,6,8-9,12,18,20-21H,2H2,(H,16,19)(H2,13,14,15)/t6-,8-,9-,12-/m1/s1. The maximum atomic E-state index is 10.7. The maximum Gasteiger partial charge on any atom is 0.211 e. The minimum atomic E-state index is -1.27. The molecular formula is C12H15N5O5. The zero-order valence-corrected chi connectivity index (χ0v) is 11.3. The Morgan fingerprint density at radius 2 is 2.18 bits per heavy atom. The number of aliphatic hydroxyl groups excluding tert-OH is 3. The van der Waals surface area contributed by atoms with Gasteiger partial charge in [0, 0.05) is 6.20 Å². The number of amides is 1. The van der Waals surface area contributed by atoms with Crippen LogP contribution in [0.15, 0.2) is 12.5 Å². The van der Waals surface area contributed by atoms with Crippen LogP contribution < -0.4 is 11.1 Å². The van der Waals surface area contributed by atoms with Crippen LogP contribution in [0.2, 0.25) is 0 Å². The summed E-state index contributed by atoms with van der Waals surface area (Å²) in [6, 6.07) is 0. The number of carbonyl (C=O) groups excluding carboxylic acids is 1. The number of nitrogens with two attached hydrogens (primary N) is 1. The van der Waals surface area contributed by atoms with Crippen molar-refractivity contribution < 1.29 is 24.9 Å². The predicted octanol–water partition coefficient (Wildman–Crippen LogP) is -1.81. The van der Waals surface area contributed by atoms with Crippen molar-refractivity contribution in [3.63, 3.8) is 0 Å². The van der Waals surface area contributed by atoms with Crippen LogP contribution in [0.4, 0.5) is 11.5 Å². The average Bonchev–Trinajstić information content (AvgIpc) is 3.00. The van der Waals surface area contributed by atoms with Crippen LogP contribution in [-0.2, 0) is 9.53 Å². The molecule has 3 rings (SSSR count). The summed E-state index contributed by atoms with van der Waals surface area (Å²) in [7, 11) is 0. The molecule has 0 radical (unpaired) electrons. The molecule has 10 heteroatoms. The summed E-state index contributed by atoms with van der Waals surface area (Å²) in [6.07, 6.45) is -1.22. The number of aliphatic hydroxyl groups is 3. The van der Waals surface area contributed by atoms with Gasteiger partial charge in [0.05, 0.1) is 17.7 Å². The molecule has 1 amide bonds. The number of nitrogens with one attached hydrogen (secondary N) is 1. The Labute approximate surface area is 124 Å². The quantitative estimate of drug-likeness (QED) is 0.414. The lowest BCUT2D eigenvalue weighted by Gasteiger charge is -2.17. The van der Waals surface area contributed by atoms with E-state index in [1.165, 1.54) is 17.1 Å². The number of nitrogen functional groups attached to an aromatic ring is 1. The average molecular weight is 309 g/mol. The Hall–Kier alpha value is -2.27. The number of carbonyl (C=O) groups is 1. The van der Waals surface area contributed by atoms with Gasteiger partial charge in [-0.1, -0.05) is 0 Å². The van der Waals surface area contributed by atoms with E-state index >= 15 is 0 Å². The summed E-state index contributed by atoms with van der Waals surface area (Å²) in [5, 5.41) is 32.0. The second kappa shape index (κ2) is 5.50. The highest BCUT2D eigenvalue weighted by Crippen LogP contribution is 2.36. The number of hydrogen-bond donors (Lipinski definition) is 5. The molecule has 22 heavy (non-hydrogen) atoms. The van der Waals surface area contributed by atoms with Gasteiger partial charge in [-0.3, -0.25) is 4.79 Å². The van der Waals surface area contributed by atoms with Crippen molar-refractivity contribution in [2.45, 2.75) is 24.5 Å². The van der Waals surface area contributed by atoms with Crippen molar-refractivity contribution in [2.75, 3.05) is 17.7 Å². The summed E-state index contributed by atoms with van der Waals surface area (Å²) in [5.41, 5.74) is 6.48. The number of nitrogens with zero attached hydrogens (tertiary/aromatic N) is 3. The molecule has 3 heterocycles. The fourth-order valence-electron chi connectivity index (χ4n) is 2.59. The van der Waals surface area contributed by atoms with Crippen molar-refractivity contribution in [3.8, 4) is 0 Å². The van der Waals surface area contributed by atoms with Crippen LogP contribution in [0, 0.1) is 0 Å². The van der Waals surface area contributed by atoms with Gasteiger partial charge in [0.1, 0.15) is 36.1 Å². The predicted molar refractivity (Wildman–Crippen MR) is 74.6 cm³/mol. The lowest BCUT2D eigenvalue weighted by molar-refractivity contribution is -0.105. The van der Waals surface area contributed by atoms with Gasteiger partial charge in [-0.05, 0) is 0 Å². The van der Waals surface area contributed by atoms with Crippen molar-refractivity contribution in [1.82, 2.24) is 14.5 Å². The van der Waals surface area contributed by atoms with Crippen molar-refractivity contribution in [3.05, 3.63) is 12.5 Å². The van der Waals surface area contributed by atoms with E-state index in [4.69, 9.17) is 15.6 Å². The fourth-order valence-corrected chi connectivity index (χ4v) is 2.59. The number of hydrogen-bond acceptors (Lipinski definition) is 8. The molecule has 2 aromatic rings. The van der Waals surface area contributed by atoms with Crippen LogP contribution in [0.1, 0.15) is 6.23 Å². The minimum absolute atomic E-state index is 0.153. The van der Waals surface area contributed by atoms with Gasteiger partial charge in [-0.25, -0.2) is 9.97 Å². The lowest BCUT2D eigenvalue weighted by Crippen LogP contribution is -2.33. The fraction of sp³-hybridized carbons (Fsp3) is 0.417. The molecule has 1 saturated heterocycles. The maximum absolute atomic E-state index is 10.7. The van der Waals surface area contributed by atoms with Gasteiger partial charge in [0.15, 0.2) is 6.23 Å². The van der Waals surface area contributed by atoms with Crippen molar-refractivity contribution >= 4 is 28.9 Å². The highest BCUT2D eigenvalue weighted by Gasteiger charge is 2.44. The second-order valence-corrected chi connectivity index (χ2v) is 4.90. The Bertz CT molecular complexity index is 705. The first-order valence-electron chi connectivity index (χ1n) is 6.52. The number of anilines is 2. The molecule has 1 aliphatic heterocycles. The molecule has 118 valence electrons. The van der Waals surface area contributed by atoms with Crippen LogP contribution in [0.5, 0.6) is 0 Å². The Kier molecular flexibility index (Phi) is 3.66. The normalized spacial score (nSPS) is 28.1. The zero-order valence-electron chi connectivity index (χ0n) is 11.3. The molecular weight excluding hydrogens is 294 g/mol. The van der Waals surface area contributed by atoms with Gasteiger partial charge in [0.2, 0.25) is 6.41 Å². The molecule has 0 unspecified atom stereocenters. The first-order valence-corrected chi connectivity index (χ1v) is 6.52. The molecule has 1 fully saturated rings.